The van der Waals surface area contributed by atoms with Crippen molar-refractivity contribution < 1.29 is 14.4 Å². The molecule has 0 saturated heterocycles. The fraction of sp³-hybridized carbons (Fsp3) is 0.400. The molecule has 0 amide bonds. The van der Waals surface area contributed by atoms with Gasteiger partial charge in [0, 0.05) is 21.8 Å². The van der Waals surface area contributed by atoms with Crippen LogP contribution in [-0.2, 0) is 16.6 Å². The van der Waals surface area contributed by atoms with Crippen LogP contribution < -0.4 is 0 Å². The van der Waals surface area contributed by atoms with Crippen LogP contribution in [0.1, 0.15) is 19.4 Å². The molecule has 2 N–H and O–H groups in total. The van der Waals surface area contributed by atoms with Crippen LogP contribution >= 0.6 is 0 Å². The molecular weight excluding hydrogens is 200 g/mol. The summed E-state index contributed by atoms with van der Waals surface area (Å²) in [6.07, 6.45) is 0. The van der Waals surface area contributed by atoms with Gasteiger partial charge in [0.2, 0.25) is 0 Å². The summed E-state index contributed by atoms with van der Waals surface area (Å²) in [6, 6.07) is 4.51. The lowest BCUT2D eigenvalue weighted by Crippen LogP contribution is -2.07. The summed E-state index contributed by atoms with van der Waals surface area (Å²) >= 11 is 0. The molecule has 0 heterocycles. The van der Waals surface area contributed by atoms with Gasteiger partial charge >= 0.3 is 0 Å². The van der Waals surface area contributed by atoms with E-state index in [4.69, 9.17) is 5.11 Å². The van der Waals surface area contributed by atoms with Gasteiger partial charge in [-0.1, -0.05) is 19.9 Å². The summed E-state index contributed by atoms with van der Waals surface area (Å²) in [7, 11) is -0.930. The molecule has 1 rings (SSSR count). The fourth-order valence-electron chi connectivity index (χ4n) is 0.990. The molecule has 0 saturated carbocycles. The van der Waals surface area contributed by atoms with Crippen LogP contribution in [0.5, 0.6) is 11.5 Å². The summed E-state index contributed by atoms with van der Waals surface area (Å²) in [5.74, 6) is 0.0956. The van der Waals surface area contributed by atoms with Gasteiger partial charge in [-0.05, 0) is 17.7 Å². The van der Waals surface area contributed by atoms with E-state index in [0.29, 0.717) is 5.75 Å². The highest BCUT2D eigenvalue weighted by atomic mass is 32.2. The van der Waals surface area contributed by atoms with E-state index in [1.54, 1.807) is 6.07 Å². The number of rotatable bonds is 3. The number of benzene rings is 1. The van der Waals surface area contributed by atoms with Crippen molar-refractivity contribution in [2.45, 2.75) is 24.9 Å². The molecule has 1 aromatic carbocycles. The Kier molecular flexibility index (Phi) is 3.52. The maximum absolute atomic E-state index is 11.5. The molecule has 0 aliphatic carbocycles. The first kappa shape index (κ1) is 11.0. The Hall–Kier alpha value is -1.03. The van der Waals surface area contributed by atoms with E-state index in [0.717, 1.165) is 5.56 Å². The van der Waals surface area contributed by atoms with Crippen molar-refractivity contribution in [2.75, 3.05) is 0 Å². The summed E-state index contributed by atoms with van der Waals surface area (Å²) < 4.78 is 11.5. The Morgan fingerprint density at radius 1 is 1.29 bits per heavy atom. The molecule has 0 bridgehead atoms. The second-order valence-electron chi connectivity index (χ2n) is 3.40. The van der Waals surface area contributed by atoms with Crippen LogP contribution in [0.25, 0.3) is 0 Å². The molecule has 14 heavy (non-hydrogen) atoms. The van der Waals surface area contributed by atoms with Crippen LogP contribution in [0.15, 0.2) is 18.2 Å². The van der Waals surface area contributed by atoms with E-state index in [1.807, 2.05) is 13.8 Å². The van der Waals surface area contributed by atoms with Crippen LogP contribution in [0.3, 0.4) is 0 Å². The third-order valence-electron chi connectivity index (χ3n) is 1.87. The first-order valence-corrected chi connectivity index (χ1v) is 5.77. The first-order chi connectivity index (χ1) is 6.50. The van der Waals surface area contributed by atoms with Crippen LogP contribution in [0, 0.1) is 0 Å². The summed E-state index contributed by atoms with van der Waals surface area (Å²) in [5, 5.41) is 18.4. The van der Waals surface area contributed by atoms with Crippen LogP contribution in [-0.4, -0.2) is 19.7 Å². The van der Waals surface area contributed by atoms with Gasteiger partial charge in [0.25, 0.3) is 0 Å². The van der Waals surface area contributed by atoms with Crippen molar-refractivity contribution >= 4 is 10.8 Å². The second-order valence-corrected chi connectivity index (χ2v) is 5.39. The molecule has 3 nitrogen and oxygen atoms in total. The zero-order valence-electron chi connectivity index (χ0n) is 8.23. The number of hydrogen-bond acceptors (Lipinski definition) is 3. The molecule has 0 spiro atoms. The Labute approximate surface area is 85.9 Å². The van der Waals surface area contributed by atoms with Gasteiger partial charge in [0.15, 0.2) is 11.5 Å². The highest BCUT2D eigenvalue weighted by Crippen LogP contribution is 2.25. The van der Waals surface area contributed by atoms with Gasteiger partial charge in [0.1, 0.15) is 0 Å². The second kappa shape index (κ2) is 4.46. The normalized spacial score (nSPS) is 13.1. The summed E-state index contributed by atoms with van der Waals surface area (Å²) in [4.78, 5) is 0. The number of phenols is 2. The van der Waals surface area contributed by atoms with Gasteiger partial charge in [-0.15, -0.1) is 0 Å². The van der Waals surface area contributed by atoms with Crippen LogP contribution in [0.4, 0.5) is 0 Å². The molecule has 78 valence electrons. The molecule has 0 radical (unpaired) electrons. The third-order valence-corrected chi connectivity index (χ3v) is 3.54. The zero-order valence-corrected chi connectivity index (χ0v) is 9.04. The first-order valence-electron chi connectivity index (χ1n) is 4.38. The molecule has 1 unspecified atom stereocenters. The third kappa shape index (κ3) is 2.73. The maximum Gasteiger partial charge on any atom is 0.157 e. The summed E-state index contributed by atoms with van der Waals surface area (Å²) in [6.45, 7) is 3.77. The lowest BCUT2D eigenvalue weighted by molar-refractivity contribution is 0.403. The topological polar surface area (TPSA) is 57.5 Å². The van der Waals surface area contributed by atoms with Gasteiger partial charge in [-0.2, -0.15) is 0 Å². The van der Waals surface area contributed by atoms with E-state index < -0.39 is 10.8 Å². The SMILES string of the molecule is CC(C)S(=O)Cc1ccc(O)c(O)c1. The molecule has 0 aromatic heterocycles. The van der Waals surface area contributed by atoms with Crippen molar-refractivity contribution in [1.29, 1.82) is 0 Å². The van der Waals surface area contributed by atoms with E-state index in [9.17, 15) is 9.32 Å². The van der Waals surface area contributed by atoms with Crippen molar-refractivity contribution in [1.82, 2.24) is 0 Å². The lowest BCUT2D eigenvalue weighted by atomic mass is 10.2. The van der Waals surface area contributed by atoms with E-state index >= 15 is 0 Å². The minimum Gasteiger partial charge on any atom is -0.504 e. The highest BCUT2D eigenvalue weighted by Gasteiger charge is 2.07. The zero-order chi connectivity index (χ0) is 10.7. The van der Waals surface area contributed by atoms with Gasteiger partial charge in [0.05, 0.1) is 0 Å². The lowest BCUT2D eigenvalue weighted by Gasteiger charge is -2.06. The minimum absolute atomic E-state index is 0.103. The largest absolute Gasteiger partial charge is 0.504 e. The van der Waals surface area contributed by atoms with E-state index in [1.165, 1.54) is 12.1 Å². The Morgan fingerprint density at radius 2 is 1.93 bits per heavy atom. The van der Waals surface area contributed by atoms with Gasteiger partial charge < -0.3 is 10.2 Å². The molecule has 0 aliphatic rings. The average molecular weight is 214 g/mol. The Balaban J connectivity index is 2.78. The van der Waals surface area contributed by atoms with E-state index in [-0.39, 0.29) is 16.7 Å². The van der Waals surface area contributed by atoms with Crippen molar-refractivity contribution in [3.05, 3.63) is 23.8 Å². The van der Waals surface area contributed by atoms with Crippen molar-refractivity contribution in [3.8, 4) is 11.5 Å². The monoisotopic (exact) mass is 214 g/mol. The standard InChI is InChI=1S/C10H14O3S/c1-7(2)14(13)6-8-3-4-9(11)10(12)5-8/h3-5,7,11-12H,6H2,1-2H3. The maximum atomic E-state index is 11.5. The molecule has 0 aliphatic heterocycles. The number of phenolic OH excluding ortho intramolecular Hbond substituents is 2. The van der Waals surface area contributed by atoms with Crippen molar-refractivity contribution in [2.24, 2.45) is 0 Å². The van der Waals surface area contributed by atoms with Crippen LogP contribution in [0.2, 0.25) is 0 Å². The smallest absolute Gasteiger partial charge is 0.157 e. The number of aromatic hydroxyl groups is 2. The predicted molar refractivity (Wildman–Crippen MR) is 56.8 cm³/mol. The quantitative estimate of drug-likeness (QED) is 0.754. The van der Waals surface area contributed by atoms with Crippen molar-refractivity contribution in [3.63, 3.8) is 0 Å². The Morgan fingerprint density at radius 3 is 2.43 bits per heavy atom. The van der Waals surface area contributed by atoms with E-state index in [2.05, 4.69) is 0 Å². The fourth-order valence-corrected chi connectivity index (χ4v) is 1.83. The minimum atomic E-state index is -0.930. The summed E-state index contributed by atoms with van der Waals surface area (Å²) in [5.41, 5.74) is 0.771. The molecule has 1 atom stereocenters. The average Bonchev–Trinajstić information content (AvgIpc) is 2.11. The Bertz CT molecular complexity index is 347. The predicted octanol–water partition coefficient (Wildman–Crippen LogP) is 1.75. The molecule has 0 fully saturated rings. The molecular formula is C10H14O3S. The molecule has 4 heteroatoms. The molecule has 1 aromatic rings. The number of hydrogen-bond donors (Lipinski definition) is 2. The van der Waals surface area contributed by atoms with Gasteiger partial charge in [-0.3, -0.25) is 4.21 Å². The van der Waals surface area contributed by atoms with Gasteiger partial charge in [-0.25, -0.2) is 0 Å². The highest BCUT2D eigenvalue weighted by molar-refractivity contribution is 7.84.